The number of carbonyl (C=O) groups excluding carboxylic acids is 2. The lowest BCUT2D eigenvalue weighted by atomic mass is 10.1. The second-order valence-electron chi connectivity index (χ2n) is 5.72. The molecule has 0 fully saturated rings. The van der Waals surface area contributed by atoms with Gasteiger partial charge in [0.2, 0.25) is 10.0 Å². The average Bonchev–Trinajstić information content (AvgIpc) is 2.61. The fraction of sp³-hybridized carbons (Fsp3) is 0.222. The summed E-state index contributed by atoms with van der Waals surface area (Å²) in [6.07, 6.45) is -1.03. The summed E-state index contributed by atoms with van der Waals surface area (Å²) in [6.45, 7) is 1.44. The van der Waals surface area contributed by atoms with Gasteiger partial charge in [-0.3, -0.25) is 9.59 Å². The summed E-state index contributed by atoms with van der Waals surface area (Å²) >= 11 is 0. The Morgan fingerprint density at radius 1 is 1.15 bits per heavy atom. The number of anilines is 1. The molecule has 0 aliphatic rings. The SMILES string of the molecule is COc1cccc(CC(=O)O[C@H](C)C(=O)Nc2ccc(S(N)(=O)=O)cc2)c1. The van der Waals surface area contributed by atoms with Crippen LogP contribution >= 0.6 is 0 Å². The number of primary sulfonamides is 1. The molecule has 0 aliphatic carbocycles. The highest BCUT2D eigenvalue weighted by molar-refractivity contribution is 7.89. The molecule has 0 spiro atoms. The highest BCUT2D eigenvalue weighted by atomic mass is 32.2. The van der Waals surface area contributed by atoms with Gasteiger partial charge in [-0.25, -0.2) is 13.6 Å². The van der Waals surface area contributed by atoms with Gasteiger partial charge in [0.15, 0.2) is 6.10 Å². The minimum atomic E-state index is -3.81. The van der Waals surface area contributed by atoms with Gasteiger partial charge in [0.1, 0.15) is 5.75 Å². The Hall–Kier alpha value is -2.91. The molecule has 0 unspecified atom stereocenters. The fourth-order valence-corrected chi connectivity index (χ4v) is 2.73. The molecule has 2 rings (SSSR count). The van der Waals surface area contributed by atoms with Gasteiger partial charge in [-0.15, -0.1) is 0 Å². The van der Waals surface area contributed by atoms with Crippen molar-refractivity contribution < 1.29 is 27.5 Å². The summed E-state index contributed by atoms with van der Waals surface area (Å²) in [5, 5.41) is 7.55. The maximum absolute atomic E-state index is 12.1. The monoisotopic (exact) mass is 392 g/mol. The molecule has 0 saturated carbocycles. The first-order valence-electron chi connectivity index (χ1n) is 7.95. The van der Waals surface area contributed by atoms with Crippen molar-refractivity contribution in [3.8, 4) is 5.75 Å². The molecule has 8 nitrogen and oxygen atoms in total. The van der Waals surface area contributed by atoms with Crippen molar-refractivity contribution >= 4 is 27.6 Å². The number of carbonyl (C=O) groups is 2. The van der Waals surface area contributed by atoms with Crippen molar-refractivity contribution in [2.24, 2.45) is 5.14 Å². The van der Waals surface area contributed by atoms with E-state index in [1.807, 2.05) is 0 Å². The standard InChI is InChI=1S/C18H20N2O6S/c1-12(26-17(21)11-13-4-3-5-15(10-13)25-2)18(22)20-14-6-8-16(9-7-14)27(19,23)24/h3-10,12H,11H2,1-2H3,(H,20,22)(H2,19,23,24)/t12-/m1/s1. The minimum Gasteiger partial charge on any atom is -0.497 e. The van der Waals surface area contributed by atoms with E-state index in [1.165, 1.54) is 38.3 Å². The number of sulfonamides is 1. The van der Waals surface area contributed by atoms with Crippen molar-refractivity contribution in [3.63, 3.8) is 0 Å². The lowest BCUT2D eigenvalue weighted by molar-refractivity contribution is -0.152. The lowest BCUT2D eigenvalue weighted by Crippen LogP contribution is -2.30. The Balaban J connectivity index is 1.91. The van der Waals surface area contributed by atoms with E-state index in [4.69, 9.17) is 14.6 Å². The van der Waals surface area contributed by atoms with Crippen LogP contribution in [0.4, 0.5) is 5.69 Å². The number of hydrogen-bond donors (Lipinski definition) is 2. The summed E-state index contributed by atoms with van der Waals surface area (Å²) in [5.74, 6) is -0.484. The van der Waals surface area contributed by atoms with E-state index in [9.17, 15) is 18.0 Å². The first-order chi connectivity index (χ1) is 12.7. The minimum absolute atomic E-state index is 0.00211. The number of benzene rings is 2. The predicted molar refractivity (Wildman–Crippen MR) is 98.7 cm³/mol. The molecule has 1 amide bonds. The fourth-order valence-electron chi connectivity index (χ4n) is 2.21. The first-order valence-corrected chi connectivity index (χ1v) is 9.50. The van der Waals surface area contributed by atoms with Crippen LogP contribution in [0, 0.1) is 0 Å². The van der Waals surface area contributed by atoms with Crippen LogP contribution in [0.3, 0.4) is 0 Å². The van der Waals surface area contributed by atoms with Crippen molar-refractivity contribution in [1.82, 2.24) is 0 Å². The summed E-state index contributed by atoms with van der Waals surface area (Å²) in [6, 6.07) is 12.3. The second kappa shape index (κ2) is 8.65. The maximum atomic E-state index is 12.1. The summed E-state index contributed by atoms with van der Waals surface area (Å²) < 4.78 is 32.6. The third-order valence-corrected chi connectivity index (χ3v) is 4.54. The van der Waals surface area contributed by atoms with E-state index >= 15 is 0 Å². The number of rotatable bonds is 7. The highest BCUT2D eigenvalue weighted by Crippen LogP contribution is 2.15. The molecule has 1 atom stereocenters. The Bertz CT molecular complexity index is 925. The Kier molecular flexibility index (Phi) is 6.54. The quantitative estimate of drug-likeness (QED) is 0.687. The Labute approximate surface area is 157 Å². The van der Waals surface area contributed by atoms with Gasteiger partial charge in [-0.05, 0) is 48.9 Å². The second-order valence-corrected chi connectivity index (χ2v) is 7.28. The van der Waals surface area contributed by atoms with E-state index in [-0.39, 0.29) is 11.3 Å². The van der Waals surface area contributed by atoms with Crippen LogP contribution in [-0.2, 0) is 30.8 Å². The number of methoxy groups -OCH3 is 1. The maximum Gasteiger partial charge on any atom is 0.311 e. The zero-order chi connectivity index (χ0) is 20.0. The van der Waals surface area contributed by atoms with Gasteiger partial charge in [0, 0.05) is 5.69 Å². The van der Waals surface area contributed by atoms with Gasteiger partial charge >= 0.3 is 5.97 Å². The van der Waals surface area contributed by atoms with Gasteiger partial charge in [0.05, 0.1) is 18.4 Å². The molecule has 2 aromatic rings. The Morgan fingerprint density at radius 3 is 2.41 bits per heavy atom. The molecule has 3 N–H and O–H groups in total. The van der Waals surface area contributed by atoms with E-state index in [1.54, 1.807) is 24.3 Å². The van der Waals surface area contributed by atoms with Gasteiger partial charge in [-0.1, -0.05) is 12.1 Å². The topological polar surface area (TPSA) is 125 Å². The number of hydrogen-bond acceptors (Lipinski definition) is 6. The van der Waals surface area contributed by atoms with Crippen molar-refractivity contribution in [2.45, 2.75) is 24.3 Å². The van der Waals surface area contributed by atoms with E-state index < -0.39 is 28.0 Å². The van der Waals surface area contributed by atoms with Gasteiger partial charge in [0.25, 0.3) is 5.91 Å². The van der Waals surface area contributed by atoms with Crippen LogP contribution in [0.2, 0.25) is 0 Å². The molecular formula is C18H20N2O6S. The normalized spacial score (nSPS) is 12.1. The predicted octanol–water partition coefficient (Wildman–Crippen LogP) is 1.46. The molecule has 0 saturated heterocycles. The average molecular weight is 392 g/mol. The van der Waals surface area contributed by atoms with Crippen LogP contribution in [0.5, 0.6) is 5.75 Å². The molecule has 0 radical (unpaired) electrons. The molecular weight excluding hydrogens is 372 g/mol. The number of nitrogens with two attached hydrogens (primary N) is 1. The largest absolute Gasteiger partial charge is 0.497 e. The first kappa shape index (κ1) is 20.4. The number of amides is 1. The van der Waals surface area contributed by atoms with E-state index in [2.05, 4.69) is 5.32 Å². The van der Waals surface area contributed by atoms with Crippen molar-refractivity contribution in [1.29, 1.82) is 0 Å². The highest BCUT2D eigenvalue weighted by Gasteiger charge is 2.18. The van der Waals surface area contributed by atoms with Crippen LogP contribution in [0.25, 0.3) is 0 Å². The zero-order valence-corrected chi connectivity index (χ0v) is 15.7. The summed E-state index contributed by atoms with van der Waals surface area (Å²) in [4.78, 5) is 24.1. The number of esters is 1. The van der Waals surface area contributed by atoms with Crippen LogP contribution in [0.15, 0.2) is 53.4 Å². The van der Waals surface area contributed by atoms with Crippen molar-refractivity contribution in [2.75, 3.05) is 12.4 Å². The van der Waals surface area contributed by atoms with Crippen molar-refractivity contribution in [3.05, 3.63) is 54.1 Å². The van der Waals surface area contributed by atoms with Gasteiger partial charge in [-0.2, -0.15) is 0 Å². The van der Waals surface area contributed by atoms with Gasteiger partial charge < -0.3 is 14.8 Å². The molecule has 2 aromatic carbocycles. The smallest absolute Gasteiger partial charge is 0.311 e. The molecule has 0 aliphatic heterocycles. The van der Waals surface area contributed by atoms with E-state index in [0.29, 0.717) is 17.0 Å². The number of ether oxygens (including phenoxy) is 2. The molecule has 0 aromatic heterocycles. The third kappa shape index (κ3) is 6.08. The van der Waals surface area contributed by atoms with E-state index in [0.717, 1.165) is 0 Å². The summed E-state index contributed by atoms with van der Waals surface area (Å²) in [7, 11) is -2.28. The molecule has 144 valence electrons. The van der Waals surface area contributed by atoms with Crippen LogP contribution in [-0.4, -0.2) is 33.5 Å². The number of nitrogens with one attached hydrogen (secondary N) is 1. The van der Waals surface area contributed by atoms with Crippen LogP contribution in [0.1, 0.15) is 12.5 Å². The molecule has 0 bridgehead atoms. The van der Waals surface area contributed by atoms with Crippen LogP contribution < -0.4 is 15.2 Å². The molecule has 27 heavy (non-hydrogen) atoms. The molecule has 9 heteroatoms. The Morgan fingerprint density at radius 2 is 1.81 bits per heavy atom. The molecule has 0 heterocycles. The third-order valence-electron chi connectivity index (χ3n) is 3.61. The summed E-state index contributed by atoms with van der Waals surface area (Å²) in [5.41, 5.74) is 1.05. The lowest BCUT2D eigenvalue weighted by Gasteiger charge is -2.14. The zero-order valence-electron chi connectivity index (χ0n) is 14.8.